The molecule has 1 saturated heterocycles. The normalized spacial score (nSPS) is 15.8. The van der Waals surface area contributed by atoms with Crippen LogP contribution in [-0.4, -0.2) is 57.8 Å². The van der Waals surface area contributed by atoms with Gasteiger partial charge in [0, 0.05) is 36.2 Å². The Morgan fingerprint density at radius 2 is 1.76 bits per heavy atom. The lowest BCUT2D eigenvalue weighted by Crippen LogP contribution is -2.49. The molecule has 2 aromatic carbocycles. The molecule has 1 amide bonds. The summed E-state index contributed by atoms with van der Waals surface area (Å²) in [5.41, 5.74) is 2.35. The van der Waals surface area contributed by atoms with E-state index >= 15 is 0 Å². The van der Waals surface area contributed by atoms with Gasteiger partial charge in [0.1, 0.15) is 6.04 Å². The fourth-order valence-corrected chi connectivity index (χ4v) is 5.60. The van der Waals surface area contributed by atoms with Gasteiger partial charge in [0.15, 0.2) is 0 Å². The second-order valence-corrected chi connectivity index (χ2v) is 10.8. The number of rotatable bonds is 9. The molecule has 33 heavy (non-hydrogen) atoms. The van der Waals surface area contributed by atoms with Crippen LogP contribution in [0.3, 0.4) is 0 Å². The summed E-state index contributed by atoms with van der Waals surface area (Å²) < 4.78 is 31.7. The quantitative estimate of drug-likeness (QED) is 0.553. The van der Waals surface area contributed by atoms with Gasteiger partial charge in [0.2, 0.25) is 15.9 Å². The Kier molecular flexibility index (Phi) is 9.01. The van der Waals surface area contributed by atoms with Crippen molar-refractivity contribution < 1.29 is 17.9 Å². The van der Waals surface area contributed by atoms with Crippen molar-refractivity contribution in [2.75, 3.05) is 36.9 Å². The summed E-state index contributed by atoms with van der Waals surface area (Å²) in [7, 11) is -3.77. The van der Waals surface area contributed by atoms with Crippen LogP contribution in [0.2, 0.25) is 10.0 Å². The van der Waals surface area contributed by atoms with Crippen LogP contribution in [0.15, 0.2) is 42.5 Å². The monoisotopic (exact) mass is 513 g/mol. The molecule has 1 aliphatic rings. The third-order valence-electron chi connectivity index (χ3n) is 5.40. The number of hydrogen-bond donors (Lipinski definition) is 1. The molecule has 1 fully saturated rings. The van der Waals surface area contributed by atoms with Gasteiger partial charge in [-0.05, 0) is 35.7 Å². The molecule has 10 heteroatoms. The molecule has 7 nitrogen and oxygen atoms in total. The summed E-state index contributed by atoms with van der Waals surface area (Å²) >= 11 is 12.2. The fourth-order valence-electron chi connectivity index (χ4n) is 3.89. The van der Waals surface area contributed by atoms with Crippen LogP contribution in [0.4, 0.5) is 5.69 Å². The maximum absolute atomic E-state index is 13.1. The van der Waals surface area contributed by atoms with Crippen LogP contribution in [-0.2, 0) is 32.6 Å². The molecule has 1 atom stereocenters. The third-order valence-corrected chi connectivity index (χ3v) is 7.02. The van der Waals surface area contributed by atoms with Crippen molar-refractivity contribution >= 4 is 44.8 Å². The Balaban J connectivity index is 1.72. The van der Waals surface area contributed by atoms with E-state index in [9.17, 15) is 13.2 Å². The van der Waals surface area contributed by atoms with Crippen LogP contribution in [0, 0.1) is 0 Å². The van der Waals surface area contributed by atoms with Crippen molar-refractivity contribution in [2.45, 2.75) is 32.5 Å². The highest BCUT2D eigenvalue weighted by Gasteiger charge is 2.31. The Morgan fingerprint density at radius 3 is 2.36 bits per heavy atom. The molecule has 0 saturated carbocycles. The molecule has 0 bridgehead atoms. The molecule has 0 aliphatic carbocycles. The van der Waals surface area contributed by atoms with Gasteiger partial charge in [-0.25, -0.2) is 8.42 Å². The zero-order valence-electron chi connectivity index (χ0n) is 18.8. The number of halogens is 2. The summed E-state index contributed by atoms with van der Waals surface area (Å²) in [6, 6.07) is 11.6. The van der Waals surface area contributed by atoms with E-state index < -0.39 is 22.0 Å². The van der Waals surface area contributed by atoms with E-state index in [1.54, 1.807) is 6.92 Å². The summed E-state index contributed by atoms with van der Waals surface area (Å²) in [5, 5.41) is 3.47. The van der Waals surface area contributed by atoms with E-state index in [4.69, 9.17) is 27.9 Å². The van der Waals surface area contributed by atoms with Crippen LogP contribution in [0.25, 0.3) is 0 Å². The lowest BCUT2D eigenvalue weighted by Gasteiger charge is -2.30. The van der Waals surface area contributed by atoms with Crippen molar-refractivity contribution in [3.63, 3.8) is 0 Å². The Bertz CT molecular complexity index is 1050. The average molecular weight is 514 g/mol. The number of nitrogens with one attached hydrogen (secondary N) is 1. The molecule has 0 aromatic heterocycles. The smallest absolute Gasteiger partial charge is 0.244 e. The fraction of sp³-hybridized carbons (Fsp3) is 0.435. The standard InChI is InChI=1S/C23H29Cl2N3O4S/c1-3-22(28(33(2,30)31)21-13-19(24)12-20(25)14-21)23(29)26-15-17-5-4-6-18(11-17)16-27-7-9-32-10-8-27/h4-6,11-14,22H,3,7-10,15-16H2,1-2H3,(H,26,29). The topological polar surface area (TPSA) is 79.0 Å². The number of carbonyl (C=O) groups is 1. The van der Waals surface area contributed by atoms with Crippen LogP contribution in [0.5, 0.6) is 0 Å². The maximum Gasteiger partial charge on any atom is 0.244 e. The number of hydrogen-bond acceptors (Lipinski definition) is 5. The Labute approximate surface area is 205 Å². The lowest BCUT2D eigenvalue weighted by molar-refractivity contribution is -0.122. The van der Waals surface area contributed by atoms with Crippen LogP contribution >= 0.6 is 23.2 Å². The van der Waals surface area contributed by atoms with Gasteiger partial charge >= 0.3 is 0 Å². The largest absolute Gasteiger partial charge is 0.379 e. The number of morpholine rings is 1. The van der Waals surface area contributed by atoms with Crippen molar-refractivity contribution in [2.24, 2.45) is 0 Å². The average Bonchev–Trinajstić information content (AvgIpc) is 2.75. The molecular formula is C23H29Cl2N3O4S. The van der Waals surface area contributed by atoms with Gasteiger partial charge in [-0.1, -0.05) is 54.4 Å². The van der Waals surface area contributed by atoms with Crippen molar-refractivity contribution in [1.29, 1.82) is 0 Å². The molecular weight excluding hydrogens is 485 g/mol. The van der Waals surface area contributed by atoms with Gasteiger partial charge in [-0.3, -0.25) is 14.0 Å². The Hall–Kier alpha value is -1.84. The highest BCUT2D eigenvalue weighted by molar-refractivity contribution is 7.92. The number of anilines is 1. The number of ether oxygens (including phenoxy) is 1. The molecule has 1 unspecified atom stereocenters. The van der Waals surface area contributed by atoms with Gasteiger partial charge in [0.05, 0.1) is 25.2 Å². The number of amides is 1. The molecule has 0 radical (unpaired) electrons. The van der Waals surface area contributed by atoms with E-state index in [2.05, 4.69) is 22.3 Å². The highest BCUT2D eigenvalue weighted by Crippen LogP contribution is 2.29. The van der Waals surface area contributed by atoms with Gasteiger partial charge in [-0.2, -0.15) is 0 Å². The summed E-state index contributed by atoms with van der Waals surface area (Å²) in [5.74, 6) is -0.391. The van der Waals surface area contributed by atoms with Crippen molar-refractivity contribution in [3.8, 4) is 0 Å². The van der Waals surface area contributed by atoms with E-state index in [0.717, 1.165) is 54.5 Å². The van der Waals surface area contributed by atoms with E-state index in [0.29, 0.717) is 16.6 Å². The number of carbonyl (C=O) groups excluding carboxylic acids is 1. The first-order valence-corrected chi connectivity index (χ1v) is 13.4. The van der Waals surface area contributed by atoms with Gasteiger partial charge in [0.25, 0.3) is 0 Å². The number of nitrogens with zero attached hydrogens (tertiary/aromatic N) is 2. The molecule has 1 heterocycles. The minimum absolute atomic E-state index is 0.254. The molecule has 0 spiro atoms. The third kappa shape index (κ3) is 7.32. The van der Waals surface area contributed by atoms with E-state index in [-0.39, 0.29) is 12.1 Å². The lowest BCUT2D eigenvalue weighted by atomic mass is 10.1. The highest BCUT2D eigenvalue weighted by atomic mass is 35.5. The molecule has 2 aromatic rings. The maximum atomic E-state index is 13.1. The van der Waals surface area contributed by atoms with E-state index in [1.165, 1.54) is 18.2 Å². The minimum atomic E-state index is -3.77. The predicted molar refractivity (Wildman–Crippen MR) is 132 cm³/mol. The minimum Gasteiger partial charge on any atom is -0.379 e. The first-order chi connectivity index (χ1) is 15.7. The zero-order chi connectivity index (χ0) is 24.0. The van der Waals surface area contributed by atoms with Crippen LogP contribution in [0.1, 0.15) is 24.5 Å². The van der Waals surface area contributed by atoms with Crippen molar-refractivity contribution in [1.82, 2.24) is 10.2 Å². The number of sulfonamides is 1. The second-order valence-electron chi connectivity index (χ2n) is 8.04. The van der Waals surface area contributed by atoms with Crippen molar-refractivity contribution in [3.05, 3.63) is 63.6 Å². The molecule has 3 rings (SSSR count). The Morgan fingerprint density at radius 1 is 1.12 bits per heavy atom. The summed E-state index contributed by atoms with van der Waals surface area (Å²) in [4.78, 5) is 15.4. The summed E-state index contributed by atoms with van der Waals surface area (Å²) in [6.45, 7) is 6.14. The van der Waals surface area contributed by atoms with Gasteiger partial charge < -0.3 is 10.1 Å². The predicted octanol–water partition coefficient (Wildman–Crippen LogP) is 3.69. The number of benzene rings is 2. The van der Waals surface area contributed by atoms with E-state index in [1.807, 2.05) is 12.1 Å². The molecule has 180 valence electrons. The first kappa shape index (κ1) is 25.8. The first-order valence-electron chi connectivity index (χ1n) is 10.8. The SMILES string of the molecule is CCC(C(=O)NCc1cccc(CN2CCOCC2)c1)N(c1cc(Cl)cc(Cl)c1)S(C)(=O)=O. The summed E-state index contributed by atoms with van der Waals surface area (Å²) in [6.07, 6.45) is 1.34. The van der Waals surface area contributed by atoms with Crippen LogP contribution < -0.4 is 9.62 Å². The zero-order valence-corrected chi connectivity index (χ0v) is 21.1. The molecule has 1 aliphatic heterocycles. The second kappa shape index (κ2) is 11.5. The van der Waals surface area contributed by atoms with Gasteiger partial charge in [-0.15, -0.1) is 0 Å². The molecule has 1 N–H and O–H groups in total.